The predicted molar refractivity (Wildman–Crippen MR) is 290 cm³/mol. The topological polar surface area (TPSA) is 358 Å². The molecular weight excluding hydrogens is 1160 g/mol. The van der Waals surface area contributed by atoms with Crippen LogP contribution in [0.5, 0.6) is 0 Å². The van der Waals surface area contributed by atoms with Crippen LogP contribution in [0, 0.1) is 0 Å². The molecule has 0 aliphatic heterocycles. The van der Waals surface area contributed by atoms with Gasteiger partial charge in [-0.05, 0) is 103 Å². The van der Waals surface area contributed by atoms with E-state index in [0.29, 0.717) is 116 Å². The molecule has 0 aliphatic rings. The number of hydrogen-bond donors (Lipinski definition) is 0. The number of rotatable bonds is 59. The maximum absolute atomic E-state index is 11.8. The smallest absolute Gasteiger partial charge is 0.434 e. The SMILES string of the molecule is COCCCCOC(=O)OCCCOC(=O)OCCCCOOCCCCOC(=O)OCCCOC(=O)OCCCCOOCCCCOC(=O)OCCCOC(=O)OCCCCOOCCCCOC(=O)OCCCOC(=O)OCCCCOC. The van der Waals surface area contributed by atoms with E-state index in [9.17, 15) is 38.4 Å². The van der Waals surface area contributed by atoms with Gasteiger partial charge in [-0.15, -0.1) is 0 Å². The van der Waals surface area contributed by atoms with Crippen LogP contribution in [0.2, 0.25) is 0 Å². The minimum absolute atomic E-state index is 0.0216. The molecule has 0 atom stereocenters. The quantitative estimate of drug-likeness (QED) is 0.0180. The number of methoxy groups -OCH3 is 2. The molecule has 86 heavy (non-hydrogen) atoms. The van der Waals surface area contributed by atoms with Crippen molar-refractivity contribution >= 4 is 49.2 Å². The van der Waals surface area contributed by atoms with Crippen molar-refractivity contribution in [3.05, 3.63) is 0 Å². The first-order valence-corrected chi connectivity index (χ1v) is 29.1. The summed E-state index contributed by atoms with van der Waals surface area (Å²) in [5.41, 5.74) is 0. The average molecular weight is 1260 g/mol. The van der Waals surface area contributed by atoms with Crippen molar-refractivity contribution in [2.24, 2.45) is 0 Å². The van der Waals surface area contributed by atoms with E-state index in [-0.39, 0.29) is 158 Å². The second kappa shape index (κ2) is 64.8. The van der Waals surface area contributed by atoms with Crippen molar-refractivity contribution in [2.75, 3.05) is 173 Å². The summed E-state index contributed by atoms with van der Waals surface area (Å²) in [5.74, 6) is 0. The molecule has 0 amide bonds. The molecule has 0 aromatic heterocycles. The highest BCUT2D eigenvalue weighted by atomic mass is 17.2. The number of unbranched alkanes of at least 4 members (excludes halogenated alkanes) is 8. The third-order valence-corrected chi connectivity index (χ3v) is 10.1. The molecule has 0 radical (unpaired) electrons. The first-order valence-electron chi connectivity index (χ1n) is 29.1. The number of carbonyl (C=O) groups is 8. The van der Waals surface area contributed by atoms with Crippen LogP contribution in [0.3, 0.4) is 0 Å². The Balaban J connectivity index is 3.40. The zero-order valence-corrected chi connectivity index (χ0v) is 50.2. The van der Waals surface area contributed by atoms with Crippen LogP contribution in [0.25, 0.3) is 0 Å². The standard InChI is InChI=1S/C54H94O32/c1-63-23-3-5-25-65-47(55)73-33-19-35-75-49(57)67-27-7-13-41-81-83-43-15-9-29-69-51(59)77-37-21-39-79-53(61)71-31-11-17-45-85-86-46-18-12-32-72-54(62)80-40-22-38-78-52(60)70-30-10-16-44-84-82-42-14-8-28-68-50(58)76-36-20-34-74-48(56)66-26-6-4-24-64-2/h3-46H2,1-2H3. The van der Waals surface area contributed by atoms with E-state index >= 15 is 0 Å². The number of carbonyl (C=O) groups excluding carboxylic acids is 8. The Labute approximate surface area is 502 Å². The maximum Gasteiger partial charge on any atom is 0.508 e. The lowest BCUT2D eigenvalue weighted by Crippen LogP contribution is -2.14. The van der Waals surface area contributed by atoms with Crippen LogP contribution >= 0.6 is 0 Å². The largest absolute Gasteiger partial charge is 0.508 e. The molecule has 0 aromatic rings. The summed E-state index contributed by atoms with van der Waals surface area (Å²) in [6, 6.07) is 0. The molecule has 0 saturated carbocycles. The van der Waals surface area contributed by atoms with Crippen molar-refractivity contribution in [1.82, 2.24) is 0 Å². The highest BCUT2D eigenvalue weighted by Crippen LogP contribution is 2.04. The van der Waals surface area contributed by atoms with Crippen molar-refractivity contribution < 1.29 is 153 Å². The molecule has 0 N–H and O–H groups in total. The number of ether oxygens (including phenoxy) is 18. The molecule has 32 heteroatoms. The third-order valence-electron chi connectivity index (χ3n) is 10.1. The summed E-state index contributed by atoms with van der Waals surface area (Å²) in [7, 11) is 3.19. The lowest BCUT2D eigenvalue weighted by atomic mass is 10.3. The van der Waals surface area contributed by atoms with Crippen LogP contribution in [-0.2, 0) is 115 Å². The molecule has 0 fully saturated rings. The lowest BCUT2D eigenvalue weighted by Gasteiger charge is -2.08. The minimum atomic E-state index is -0.856. The first kappa shape index (κ1) is 79.8. The van der Waals surface area contributed by atoms with Crippen LogP contribution in [0.15, 0.2) is 0 Å². The van der Waals surface area contributed by atoms with Gasteiger partial charge >= 0.3 is 49.2 Å². The molecule has 0 unspecified atom stereocenters. The van der Waals surface area contributed by atoms with Gasteiger partial charge in [-0.2, -0.15) is 0 Å². The molecular formula is C54H94O32. The minimum Gasteiger partial charge on any atom is -0.434 e. The van der Waals surface area contributed by atoms with Gasteiger partial charge in [0.2, 0.25) is 0 Å². The fourth-order valence-corrected chi connectivity index (χ4v) is 5.69. The lowest BCUT2D eigenvalue weighted by molar-refractivity contribution is -0.295. The summed E-state index contributed by atoms with van der Waals surface area (Å²) in [5, 5.41) is 0. The van der Waals surface area contributed by atoms with Gasteiger partial charge in [0.1, 0.15) is 0 Å². The normalized spacial score (nSPS) is 10.7. The average Bonchev–Trinajstić information content (AvgIpc) is 3.50. The zero-order chi connectivity index (χ0) is 62.7. The Hall–Kier alpha value is -6.16. The Kier molecular flexibility index (Phi) is 60.2. The third kappa shape index (κ3) is 63.9. The van der Waals surface area contributed by atoms with Crippen LogP contribution in [0.4, 0.5) is 38.4 Å². The maximum atomic E-state index is 11.8. The fraction of sp³-hybridized carbons (Fsp3) is 0.852. The fourth-order valence-electron chi connectivity index (χ4n) is 5.69. The van der Waals surface area contributed by atoms with Gasteiger partial charge in [-0.3, -0.25) is 0 Å². The molecule has 0 saturated heterocycles. The molecule has 0 aromatic carbocycles. The molecule has 0 spiro atoms. The Morgan fingerprint density at radius 2 is 0.256 bits per heavy atom. The second-order valence-electron chi connectivity index (χ2n) is 17.6. The van der Waals surface area contributed by atoms with Crippen molar-refractivity contribution in [2.45, 2.75) is 128 Å². The van der Waals surface area contributed by atoms with Crippen LogP contribution in [-0.4, -0.2) is 222 Å². The van der Waals surface area contributed by atoms with Gasteiger partial charge in [0, 0.05) is 53.1 Å². The van der Waals surface area contributed by atoms with E-state index in [0.717, 1.165) is 12.8 Å². The Bertz CT molecular complexity index is 1520. The summed E-state index contributed by atoms with van der Waals surface area (Å²) in [4.78, 5) is 124. The molecule has 0 aliphatic carbocycles. The van der Waals surface area contributed by atoms with E-state index in [4.69, 9.17) is 115 Å². The van der Waals surface area contributed by atoms with E-state index in [1.54, 1.807) is 14.2 Å². The molecule has 0 rings (SSSR count). The molecule has 502 valence electrons. The summed E-state index contributed by atoms with van der Waals surface area (Å²) in [6.45, 7) is 4.06. The van der Waals surface area contributed by atoms with Crippen LogP contribution in [0.1, 0.15) is 128 Å². The van der Waals surface area contributed by atoms with Gasteiger partial charge in [0.05, 0.1) is 145 Å². The van der Waals surface area contributed by atoms with Gasteiger partial charge < -0.3 is 85.3 Å². The Morgan fingerprint density at radius 1 is 0.151 bits per heavy atom. The molecule has 0 heterocycles. The first-order chi connectivity index (χ1) is 42.1. The van der Waals surface area contributed by atoms with E-state index < -0.39 is 49.2 Å². The van der Waals surface area contributed by atoms with Gasteiger partial charge in [-0.25, -0.2) is 67.7 Å². The van der Waals surface area contributed by atoms with E-state index in [1.807, 2.05) is 0 Å². The van der Waals surface area contributed by atoms with E-state index in [2.05, 4.69) is 0 Å². The van der Waals surface area contributed by atoms with Crippen molar-refractivity contribution in [3.63, 3.8) is 0 Å². The van der Waals surface area contributed by atoms with Gasteiger partial charge in [0.25, 0.3) is 0 Å². The van der Waals surface area contributed by atoms with Gasteiger partial charge in [0.15, 0.2) is 0 Å². The van der Waals surface area contributed by atoms with E-state index in [1.165, 1.54) is 0 Å². The second-order valence-corrected chi connectivity index (χ2v) is 17.6. The van der Waals surface area contributed by atoms with Crippen LogP contribution < -0.4 is 0 Å². The monoisotopic (exact) mass is 1250 g/mol. The molecule has 0 bridgehead atoms. The van der Waals surface area contributed by atoms with Gasteiger partial charge in [-0.1, -0.05) is 0 Å². The zero-order valence-electron chi connectivity index (χ0n) is 50.2. The predicted octanol–water partition coefficient (Wildman–Crippen LogP) is 9.15. The van der Waals surface area contributed by atoms with Crippen molar-refractivity contribution in [3.8, 4) is 0 Å². The highest BCUT2D eigenvalue weighted by Gasteiger charge is 2.11. The Morgan fingerprint density at radius 3 is 0.384 bits per heavy atom. The summed E-state index contributed by atoms with van der Waals surface area (Å²) in [6.07, 6.45) is 3.78. The summed E-state index contributed by atoms with van der Waals surface area (Å²) >= 11 is 0. The highest BCUT2D eigenvalue weighted by molar-refractivity contribution is 5.62. The summed E-state index contributed by atoms with van der Waals surface area (Å²) < 4.78 is 88.8. The van der Waals surface area contributed by atoms with Crippen molar-refractivity contribution in [1.29, 1.82) is 0 Å². The molecule has 32 nitrogen and oxygen atoms in total. The number of hydrogen-bond acceptors (Lipinski definition) is 32.